The number of nitrogens with one attached hydrogen (secondary N) is 2. The van der Waals surface area contributed by atoms with Gasteiger partial charge in [-0.1, -0.05) is 12.1 Å². The fourth-order valence-corrected chi connectivity index (χ4v) is 3.82. The summed E-state index contributed by atoms with van der Waals surface area (Å²) < 4.78 is 5.25. The molecule has 1 saturated heterocycles. The Morgan fingerprint density at radius 1 is 1.16 bits per heavy atom. The Balaban J connectivity index is 1.46. The van der Waals surface area contributed by atoms with Gasteiger partial charge in [0, 0.05) is 31.4 Å². The second kappa shape index (κ2) is 8.63. The van der Waals surface area contributed by atoms with Crippen LogP contribution in [0.5, 0.6) is 5.75 Å². The number of aromatic nitrogens is 1. The van der Waals surface area contributed by atoms with Gasteiger partial charge in [0.05, 0.1) is 7.11 Å². The Morgan fingerprint density at radius 2 is 2.00 bits per heavy atom. The van der Waals surface area contributed by atoms with E-state index in [4.69, 9.17) is 4.74 Å². The molecule has 31 heavy (non-hydrogen) atoms. The largest absolute Gasteiger partial charge is 0.497 e. The summed E-state index contributed by atoms with van der Waals surface area (Å²) >= 11 is 0. The summed E-state index contributed by atoms with van der Waals surface area (Å²) in [6.45, 7) is 5.11. The van der Waals surface area contributed by atoms with Crippen LogP contribution in [0.1, 0.15) is 25.0 Å². The highest BCUT2D eigenvalue weighted by Crippen LogP contribution is 2.24. The molecule has 9 heteroatoms. The van der Waals surface area contributed by atoms with Gasteiger partial charge < -0.3 is 15.4 Å². The number of likely N-dealkylation sites (N-methyl/N-ethyl adjacent to an activating group) is 2. The molecule has 3 amide bonds. The van der Waals surface area contributed by atoms with Crippen LogP contribution in [0.25, 0.3) is 0 Å². The summed E-state index contributed by atoms with van der Waals surface area (Å²) in [6, 6.07) is 10.7. The van der Waals surface area contributed by atoms with Crippen molar-refractivity contribution in [1.82, 2.24) is 20.1 Å². The molecule has 2 aliphatic heterocycles. The van der Waals surface area contributed by atoms with Crippen LogP contribution in [0.15, 0.2) is 47.6 Å². The number of hydrogen-bond donors (Lipinski definition) is 2. The quantitative estimate of drug-likeness (QED) is 0.709. The van der Waals surface area contributed by atoms with Gasteiger partial charge in [0.15, 0.2) is 6.17 Å². The average molecular weight is 422 g/mol. The lowest BCUT2D eigenvalue weighted by Gasteiger charge is -2.39. The van der Waals surface area contributed by atoms with Gasteiger partial charge in [-0.25, -0.2) is 14.8 Å². The summed E-state index contributed by atoms with van der Waals surface area (Å²) in [6.07, 6.45) is 1.17. The monoisotopic (exact) mass is 422 g/mol. The highest BCUT2D eigenvalue weighted by atomic mass is 16.5. The van der Waals surface area contributed by atoms with E-state index in [9.17, 15) is 9.59 Å². The molecule has 162 valence electrons. The topological polar surface area (TPSA) is 99.2 Å². The van der Waals surface area contributed by atoms with Gasteiger partial charge in [0.2, 0.25) is 0 Å². The van der Waals surface area contributed by atoms with E-state index in [1.807, 2.05) is 43.3 Å². The van der Waals surface area contributed by atoms with Crippen LogP contribution in [0.3, 0.4) is 0 Å². The van der Waals surface area contributed by atoms with Crippen LogP contribution in [0.2, 0.25) is 0 Å². The minimum atomic E-state index is -0.571. The molecule has 2 atom stereocenters. The number of amidine groups is 1. The summed E-state index contributed by atoms with van der Waals surface area (Å²) in [4.78, 5) is 37.3. The number of aliphatic imine (C=N–C) groups is 1. The van der Waals surface area contributed by atoms with Crippen molar-refractivity contribution in [3.8, 4) is 5.75 Å². The number of pyridine rings is 1. The number of imide groups is 1. The summed E-state index contributed by atoms with van der Waals surface area (Å²) in [5, 5.41) is 6.47. The number of benzene rings is 1. The maximum Gasteiger partial charge on any atom is 0.328 e. The number of carbonyl (C=O) groups excluding carboxylic acids is 2. The summed E-state index contributed by atoms with van der Waals surface area (Å²) in [7, 11) is 1.64. The number of urea groups is 1. The van der Waals surface area contributed by atoms with Crippen molar-refractivity contribution >= 4 is 23.6 Å². The van der Waals surface area contributed by atoms with Gasteiger partial charge in [0.1, 0.15) is 23.4 Å². The molecular weight excluding hydrogens is 396 g/mol. The first kappa shape index (κ1) is 20.6. The molecule has 9 nitrogen and oxygen atoms in total. The number of methoxy groups -OCH3 is 1. The third-order valence-corrected chi connectivity index (χ3v) is 5.48. The minimum Gasteiger partial charge on any atom is -0.497 e. The zero-order chi connectivity index (χ0) is 22.0. The number of rotatable bonds is 7. The molecule has 2 unspecified atom stereocenters. The molecule has 0 aliphatic carbocycles. The molecule has 0 bridgehead atoms. The molecule has 2 aromatic rings. The average Bonchev–Trinajstić information content (AvgIpc) is 3.24. The molecule has 2 N–H and O–H groups in total. The molecule has 0 spiro atoms. The third kappa shape index (κ3) is 3.90. The molecule has 1 aromatic carbocycles. The van der Waals surface area contributed by atoms with E-state index in [-0.39, 0.29) is 11.9 Å². The lowest BCUT2D eigenvalue weighted by atomic mass is 10.1. The first-order valence-corrected chi connectivity index (χ1v) is 10.3. The Bertz CT molecular complexity index is 1010. The predicted octanol–water partition coefficient (Wildman–Crippen LogP) is 2.05. The minimum absolute atomic E-state index is 0.245. The van der Waals surface area contributed by atoms with E-state index in [0.717, 1.165) is 22.7 Å². The lowest BCUT2D eigenvalue weighted by molar-refractivity contribution is -0.134. The molecular formula is C22H26N6O3. The van der Waals surface area contributed by atoms with Crippen molar-refractivity contribution in [2.75, 3.05) is 25.5 Å². The lowest BCUT2D eigenvalue weighted by Crippen LogP contribution is -2.65. The van der Waals surface area contributed by atoms with Crippen LogP contribution < -0.4 is 15.4 Å². The van der Waals surface area contributed by atoms with E-state index in [1.165, 1.54) is 4.90 Å². The van der Waals surface area contributed by atoms with Gasteiger partial charge in [-0.3, -0.25) is 14.6 Å². The van der Waals surface area contributed by atoms with Crippen LogP contribution in [-0.4, -0.2) is 65.0 Å². The van der Waals surface area contributed by atoms with E-state index < -0.39 is 12.2 Å². The van der Waals surface area contributed by atoms with Crippen molar-refractivity contribution in [3.05, 3.63) is 53.7 Å². The number of nitrogens with zero attached hydrogens (tertiary/aromatic N) is 4. The molecule has 4 rings (SSSR count). The van der Waals surface area contributed by atoms with Crippen molar-refractivity contribution in [1.29, 1.82) is 0 Å². The van der Waals surface area contributed by atoms with E-state index in [0.29, 0.717) is 25.5 Å². The fourth-order valence-electron chi connectivity index (χ4n) is 3.82. The van der Waals surface area contributed by atoms with Crippen molar-refractivity contribution in [3.63, 3.8) is 0 Å². The molecule has 1 aromatic heterocycles. The number of fused-ring (bicyclic) bond motifs is 1. The van der Waals surface area contributed by atoms with E-state index in [2.05, 4.69) is 20.6 Å². The maximum absolute atomic E-state index is 12.7. The van der Waals surface area contributed by atoms with E-state index in [1.54, 1.807) is 25.1 Å². The van der Waals surface area contributed by atoms with Gasteiger partial charge in [-0.05, 0) is 43.7 Å². The highest BCUT2D eigenvalue weighted by molar-refractivity contribution is 6.08. The fraction of sp³-hybridized carbons (Fsp3) is 0.364. The van der Waals surface area contributed by atoms with Gasteiger partial charge in [-0.2, -0.15) is 0 Å². The van der Waals surface area contributed by atoms with Gasteiger partial charge in [0.25, 0.3) is 5.91 Å². The Hall–Kier alpha value is -3.62. The molecule has 2 aliphatic rings. The standard InChI is InChI=1S/C22H26N6O3/c1-4-27-20-18(21(29)28(5-2)22(27)30)25-19(26-20)15-9-10-17(24-13-15)23-12-14-7-6-8-16(11-14)31-3/h6-11,13,18,20H,4-5,12H2,1-3H3,(H,23,24)(H,25,26). The zero-order valence-electron chi connectivity index (χ0n) is 17.8. The van der Waals surface area contributed by atoms with Crippen LogP contribution in [0, 0.1) is 0 Å². The van der Waals surface area contributed by atoms with Gasteiger partial charge in [-0.15, -0.1) is 0 Å². The maximum atomic E-state index is 12.7. The van der Waals surface area contributed by atoms with Crippen LogP contribution >= 0.6 is 0 Å². The van der Waals surface area contributed by atoms with Crippen LogP contribution in [0.4, 0.5) is 10.6 Å². The second-order valence-electron chi connectivity index (χ2n) is 7.30. The zero-order valence-corrected chi connectivity index (χ0v) is 17.8. The number of hydrogen-bond acceptors (Lipinski definition) is 7. The Labute approximate surface area is 181 Å². The highest BCUT2D eigenvalue weighted by Gasteiger charge is 2.48. The van der Waals surface area contributed by atoms with Gasteiger partial charge >= 0.3 is 6.03 Å². The smallest absolute Gasteiger partial charge is 0.328 e. The van der Waals surface area contributed by atoms with Crippen LogP contribution in [-0.2, 0) is 11.3 Å². The first-order chi connectivity index (χ1) is 15.0. The molecule has 1 fully saturated rings. The Morgan fingerprint density at radius 3 is 2.68 bits per heavy atom. The van der Waals surface area contributed by atoms with Crippen molar-refractivity contribution in [2.45, 2.75) is 32.6 Å². The predicted molar refractivity (Wildman–Crippen MR) is 117 cm³/mol. The SMILES string of the molecule is CCN1C(=O)C2NC(c3ccc(NCc4cccc(OC)c4)nc3)=NC2N(CC)C1=O. The Kier molecular flexibility index (Phi) is 5.75. The molecule has 0 saturated carbocycles. The van der Waals surface area contributed by atoms with E-state index >= 15 is 0 Å². The number of ether oxygens (including phenoxy) is 1. The van der Waals surface area contributed by atoms with Crippen molar-refractivity contribution < 1.29 is 14.3 Å². The first-order valence-electron chi connectivity index (χ1n) is 10.3. The summed E-state index contributed by atoms with van der Waals surface area (Å²) in [5.41, 5.74) is 1.85. The number of amides is 3. The summed E-state index contributed by atoms with van der Waals surface area (Å²) in [5.74, 6) is 1.86. The number of anilines is 1. The molecule has 3 heterocycles. The molecule has 0 radical (unpaired) electrons. The second-order valence-corrected chi connectivity index (χ2v) is 7.30. The third-order valence-electron chi connectivity index (χ3n) is 5.48. The van der Waals surface area contributed by atoms with Crippen molar-refractivity contribution in [2.24, 2.45) is 4.99 Å². The number of carbonyl (C=O) groups is 2. The normalized spacial score (nSPS) is 20.3.